The monoisotopic (exact) mass is 266 g/mol. The van der Waals surface area contributed by atoms with Crippen molar-refractivity contribution in [1.29, 1.82) is 0 Å². The smallest absolute Gasteiger partial charge is 0.315 e. The molecule has 100 valence electrons. The van der Waals surface area contributed by atoms with E-state index in [1.165, 1.54) is 35.3 Å². The SMILES string of the molecule is Cc1scc(CNC(=O)NC2CCCCC2)c1C. The second-order valence-electron chi connectivity index (χ2n) is 5.10. The fraction of sp³-hybridized carbons (Fsp3) is 0.643. The van der Waals surface area contributed by atoms with Crippen LogP contribution in [0.4, 0.5) is 4.79 Å². The Bertz CT molecular complexity index is 408. The summed E-state index contributed by atoms with van der Waals surface area (Å²) in [5.74, 6) is 0. The molecule has 2 rings (SSSR count). The van der Waals surface area contributed by atoms with Gasteiger partial charge in [0.1, 0.15) is 0 Å². The van der Waals surface area contributed by atoms with Crippen molar-refractivity contribution in [3.63, 3.8) is 0 Å². The Morgan fingerprint density at radius 2 is 2.06 bits per heavy atom. The maximum absolute atomic E-state index is 11.8. The van der Waals surface area contributed by atoms with Crippen LogP contribution in [0, 0.1) is 13.8 Å². The lowest BCUT2D eigenvalue weighted by molar-refractivity contribution is 0.232. The molecule has 0 bridgehead atoms. The summed E-state index contributed by atoms with van der Waals surface area (Å²) in [7, 11) is 0. The Labute approximate surface area is 113 Å². The van der Waals surface area contributed by atoms with E-state index in [1.54, 1.807) is 11.3 Å². The van der Waals surface area contributed by atoms with Crippen molar-refractivity contribution in [3.8, 4) is 0 Å². The van der Waals surface area contributed by atoms with Crippen LogP contribution in [0.1, 0.15) is 48.1 Å². The number of rotatable bonds is 3. The summed E-state index contributed by atoms with van der Waals surface area (Å²) in [6, 6.07) is 0.356. The van der Waals surface area contributed by atoms with Crippen LogP contribution >= 0.6 is 11.3 Å². The molecule has 18 heavy (non-hydrogen) atoms. The molecule has 2 amide bonds. The first-order chi connectivity index (χ1) is 8.66. The van der Waals surface area contributed by atoms with Crippen LogP contribution in [0.25, 0.3) is 0 Å². The highest BCUT2D eigenvalue weighted by Gasteiger charge is 2.15. The zero-order valence-electron chi connectivity index (χ0n) is 11.2. The van der Waals surface area contributed by atoms with Gasteiger partial charge in [-0.2, -0.15) is 0 Å². The van der Waals surface area contributed by atoms with Crippen molar-refractivity contribution >= 4 is 17.4 Å². The van der Waals surface area contributed by atoms with Gasteiger partial charge in [-0.25, -0.2) is 4.79 Å². The van der Waals surface area contributed by atoms with Crippen LogP contribution in [0.2, 0.25) is 0 Å². The standard InChI is InChI=1S/C14H22N2OS/c1-10-11(2)18-9-12(10)8-15-14(17)16-13-6-4-3-5-7-13/h9,13H,3-8H2,1-2H3,(H2,15,16,17). The van der Waals surface area contributed by atoms with Crippen molar-refractivity contribution in [2.45, 2.75) is 58.5 Å². The second kappa shape index (κ2) is 6.23. The molecule has 1 fully saturated rings. The number of hydrogen-bond donors (Lipinski definition) is 2. The van der Waals surface area contributed by atoms with E-state index in [4.69, 9.17) is 0 Å². The first kappa shape index (κ1) is 13.4. The first-order valence-corrected chi connectivity index (χ1v) is 7.62. The Morgan fingerprint density at radius 3 is 2.67 bits per heavy atom. The summed E-state index contributed by atoms with van der Waals surface area (Å²) < 4.78 is 0. The van der Waals surface area contributed by atoms with Gasteiger partial charge in [0.15, 0.2) is 0 Å². The highest BCUT2D eigenvalue weighted by atomic mass is 32.1. The highest BCUT2D eigenvalue weighted by Crippen LogP contribution is 2.20. The Kier molecular flexibility index (Phi) is 4.64. The molecule has 0 aliphatic heterocycles. The van der Waals surface area contributed by atoms with Gasteiger partial charge in [-0.1, -0.05) is 19.3 Å². The van der Waals surface area contributed by atoms with Crippen LogP contribution < -0.4 is 10.6 Å². The minimum Gasteiger partial charge on any atom is -0.335 e. The van der Waals surface area contributed by atoms with Gasteiger partial charge in [0.05, 0.1) is 0 Å². The van der Waals surface area contributed by atoms with E-state index in [0.29, 0.717) is 12.6 Å². The molecule has 1 heterocycles. The normalized spacial score (nSPS) is 16.6. The average molecular weight is 266 g/mol. The molecule has 0 spiro atoms. The number of nitrogens with one attached hydrogen (secondary N) is 2. The zero-order valence-corrected chi connectivity index (χ0v) is 12.0. The molecule has 4 heteroatoms. The van der Waals surface area contributed by atoms with Gasteiger partial charge in [-0.15, -0.1) is 11.3 Å². The van der Waals surface area contributed by atoms with Crippen LogP contribution in [0.3, 0.4) is 0 Å². The van der Waals surface area contributed by atoms with Crippen LogP contribution in [0.5, 0.6) is 0 Å². The maximum atomic E-state index is 11.8. The molecular formula is C14H22N2OS. The predicted octanol–water partition coefficient (Wildman–Crippen LogP) is 3.50. The predicted molar refractivity (Wildman–Crippen MR) is 76.0 cm³/mol. The zero-order chi connectivity index (χ0) is 13.0. The molecule has 2 N–H and O–H groups in total. The third kappa shape index (κ3) is 3.48. The Hall–Kier alpha value is -1.03. The summed E-state index contributed by atoms with van der Waals surface area (Å²) in [4.78, 5) is 13.1. The van der Waals surface area contributed by atoms with E-state index in [0.717, 1.165) is 12.8 Å². The molecule has 3 nitrogen and oxygen atoms in total. The van der Waals surface area contributed by atoms with E-state index < -0.39 is 0 Å². The third-order valence-electron chi connectivity index (χ3n) is 3.77. The number of amides is 2. The lowest BCUT2D eigenvalue weighted by atomic mass is 9.96. The number of aryl methyl sites for hydroxylation is 1. The van der Waals surface area contributed by atoms with Crippen LogP contribution in [-0.4, -0.2) is 12.1 Å². The van der Waals surface area contributed by atoms with E-state index in [1.807, 2.05) is 0 Å². The van der Waals surface area contributed by atoms with Crippen molar-refractivity contribution in [1.82, 2.24) is 10.6 Å². The van der Waals surface area contributed by atoms with Crippen LogP contribution in [0.15, 0.2) is 5.38 Å². The lowest BCUT2D eigenvalue weighted by Crippen LogP contribution is -2.42. The summed E-state index contributed by atoms with van der Waals surface area (Å²) in [6.07, 6.45) is 6.06. The van der Waals surface area contributed by atoms with Crippen molar-refractivity contribution in [3.05, 3.63) is 21.4 Å². The molecule has 0 saturated heterocycles. The number of urea groups is 1. The minimum absolute atomic E-state index is 0.0230. The average Bonchev–Trinajstić information content (AvgIpc) is 2.69. The molecule has 1 aromatic heterocycles. The quantitative estimate of drug-likeness (QED) is 0.864. The van der Waals surface area contributed by atoms with Gasteiger partial charge in [0.25, 0.3) is 0 Å². The maximum Gasteiger partial charge on any atom is 0.315 e. The summed E-state index contributed by atoms with van der Waals surface area (Å²) in [5, 5.41) is 8.16. The molecule has 0 unspecified atom stereocenters. The number of hydrogen-bond acceptors (Lipinski definition) is 2. The van der Waals surface area contributed by atoms with Gasteiger partial charge >= 0.3 is 6.03 Å². The minimum atomic E-state index is -0.0230. The third-order valence-corrected chi connectivity index (χ3v) is 4.83. The summed E-state index contributed by atoms with van der Waals surface area (Å²) >= 11 is 1.75. The molecule has 1 saturated carbocycles. The molecule has 1 aliphatic rings. The largest absolute Gasteiger partial charge is 0.335 e. The van der Waals surface area contributed by atoms with E-state index in [9.17, 15) is 4.79 Å². The number of carbonyl (C=O) groups is 1. The molecule has 1 aliphatic carbocycles. The lowest BCUT2D eigenvalue weighted by Gasteiger charge is -2.22. The van der Waals surface area contributed by atoms with Crippen molar-refractivity contribution < 1.29 is 4.79 Å². The summed E-state index contributed by atoms with van der Waals surface area (Å²) in [5.41, 5.74) is 2.54. The fourth-order valence-corrected chi connectivity index (χ4v) is 3.28. The molecule has 1 aromatic rings. The van der Waals surface area contributed by atoms with Gasteiger partial charge < -0.3 is 10.6 Å². The van der Waals surface area contributed by atoms with Gasteiger partial charge in [0, 0.05) is 17.5 Å². The molecule has 0 atom stereocenters. The van der Waals surface area contributed by atoms with Crippen molar-refractivity contribution in [2.24, 2.45) is 0 Å². The summed E-state index contributed by atoms with van der Waals surface area (Å²) in [6.45, 7) is 4.86. The number of carbonyl (C=O) groups excluding carboxylic acids is 1. The van der Waals surface area contributed by atoms with Gasteiger partial charge in [-0.3, -0.25) is 0 Å². The van der Waals surface area contributed by atoms with E-state index in [2.05, 4.69) is 29.9 Å². The molecule has 0 radical (unpaired) electrons. The Balaban J connectivity index is 1.76. The topological polar surface area (TPSA) is 41.1 Å². The van der Waals surface area contributed by atoms with Crippen molar-refractivity contribution in [2.75, 3.05) is 0 Å². The molecular weight excluding hydrogens is 244 g/mol. The first-order valence-electron chi connectivity index (χ1n) is 6.74. The fourth-order valence-electron chi connectivity index (χ4n) is 2.40. The van der Waals surface area contributed by atoms with Gasteiger partial charge in [0.2, 0.25) is 0 Å². The number of thiophene rings is 1. The second-order valence-corrected chi connectivity index (χ2v) is 6.19. The van der Waals surface area contributed by atoms with E-state index in [-0.39, 0.29) is 6.03 Å². The van der Waals surface area contributed by atoms with E-state index >= 15 is 0 Å². The highest BCUT2D eigenvalue weighted by molar-refractivity contribution is 7.10. The van der Waals surface area contributed by atoms with Gasteiger partial charge in [-0.05, 0) is 43.2 Å². The Morgan fingerprint density at radius 1 is 1.33 bits per heavy atom. The van der Waals surface area contributed by atoms with Crippen LogP contribution in [-0.2, 0) is 6.54 Å². The molecule has 0 aromatic carbocycles.